The molecule has 1 aromatic heterocycles. The van der Waals surface area contributed by atoms with Crippen LogP contribution in [-0.2, 0) is 0 Å². The fourth-order valence-electron chi connectivity index (χ4n) is 2.39. The van der Waals surface area contributed by atoms with Crippen molar-refractivity contribution in [1.82, 2.24) is 14.8 Å². The largest absolute Gasteiger partial charge is 0.341 e. The third-order valence-corrected chi connectivity index (χ3v) is 3.70. The maximum absolute atomic E-state index is 12.2. The van der Waals surface area contributed by atoms with E-state index in [1.54, 1.807) is 17.2 Å². The molecule has 1 atom stereocenters. The highest BCUT2D eigenvalue weighted by Crippen LogP contribution is 2.19. The number of rotatable bonds is 3. The minimum absolute atomic E-state index is 0.0531. The zero-order valence-electron chi connectivity index (χ0n) is 10.8. The Labute approximate surface area is 113 Å². The molecule has 0 spiro atoms. The summed E-state index contributed by atoms with van der Waals surface area (Å²) in [5.41, 5.74) is 0.480. The SMILES string of the molecule is CN1CCC(CN(C)C(=O)c2cnccc2Cl)C1. The number of aromatic nitrogens is 1. The average molecular weight is 268 g/mol. The quantitative estimate of drug-likeness (QED) is 0.837. The van der Waals surface area contributed by atoms with Gasteiger partial charge in [-0.1, -0.05) is 11.6 Å². The van der Waals surface area contributed by atoms with E-state index < -0.39 is 0 Å². The van der Waals surface area contributed by atoms with Crippen molar-refractivity contribution in [2.75, 3.05) is 33.7 Å². The third kappa shape index (κ3) is 3.00. The number of hydrogen-bond acceptors (Lipinski definition) is 3. The zero-order valence-corrected chi connectivity index (χ0v) is 11.5. The number of nitrogens with zero attached hydrogens (tertiary/aromatic N) is 3. The number of likely N-dealkylation sites (tertiary alicyclic amines) is 1. The van der Waals surface area contributed by atoms with Gasteiger partial charge in [0.2, 0.25) is 0 Å². The molecule has 1 amide bonds. The molecule has 1 fully saturated rings. The molecule has 0 N–H and O–H groups in total. The molecule has 4 nitrogen and oxygen atoms in total. The lowest BCUT2D eigenvalue weighted by Gasteiger charge is -2.21. The van der Waals surface area contributed by atoms with Crippen molar-refractivity contribution in [1.29, 1.82) is 0 Å². The monoisotopic (exact) mass is 267 g/mol. The highest BCUT2D eigenvalue weighted by molar-refractivity contribution is 6.33. The number of pyridine rings is 1. The maximum atomic E-state index is 12.2. The van der Waals surface area contributed by atoms with Crippen LogP contribution in [0.4, 0.5) is 0 Å². The molecule has 98 valence electrons. The Morgan fingerprint density at radius 3 is 3.06 bits per heavy atom. The fraction of sp³-hybridized carbons (Fsp3) is 0.538. The van der Waals surface area contributed by atoms with E-state index in [9.17, 15) is 4.79 Å². The van der Waals surface area contributed by atoms with Gasteiger partial charge in [-0.2, -0.15) is 0 Å². The Kier molecular flexibility index (Phi) is 4.19. The van der Waals surface area contributed by atoms with E-state index in [0.29, 0.717) is 16.5 Å². The van der Waals surface area contributed by atoms with Crippen LogP contribution in [0.5, 0.6) is 0 Å². The van der Waals surface area contributed by atoms with Gasteiger partial charge >= 0.3 is 0 Å². The summed E-state index contributed by atoms with van der Waals surface area (Å²) in [6, 6.07) is 1.64. The van der Waals surface area contributed by atoms with Gasteiger partial charge in [-0.3, -0.25) is 9.78 Å². The molecule has 5 heteroatoms. The summed E-state index contributed by atoms with van der Waals surface area (Å²) in [4.78, 5) is 20.2. The van der Waals surface area contributed by atoms with Crippen LogP contribution in [0.1, 0.15) is 16.8 Å². The fourth-order valence-corrected chi connectivity index (χ4v) is 2.57. The highest BCUT2D eigenvalue weighted by atomic mass is 35.5. The first-order valence-corrected chi connectivity index (χ1v) is 6.49. The van der Waals surface area contributed by atoms with E-state index in [2.05, 4.69) is 16.9 Å². The van der Waals surface area contributed by atoms with Crippen molar-refractivity contribution >= 4 is 17.5 Å². The van der Waals surface area contributed by atoms with E-state index in [0.717, 1.165) is 26.1 Å². The second kappa shape index (κ2) is 5.67. The number of halogens is 1. The van der Waals surface area contributed by atoms with Crippen LogP contribution < -0.4 is 0 Å². The Morgan fingerprint density at radius 2 is 2.44 bits per heavy atom. The molecule has 1 saturated heterocycles. The van der Waals surface area contributed by atoms with Crippen LogP contribution >= 0.6 is 11.6 Å². The van der Waals surface area contributed by atoms with Crippen LogP contribution in [0.2, 0.25) is 5.02 Å². The first-order valence-electron chi connectivity index (χ1n) is 6.11. The number of carbonyl (C=O) groups excluding carboxylic acids is 1. The Bertz CT molecular complexity index is 438. The summed E-state index contributed by atoms with van der Waals surface area (Å²) < 4.78 is 0. The summed E-state index contributed by atoms with van der Waals surface area (Å²) in [5, 5.41) is 0.463. The molecule has 0 bridgehead atoms. The lowest BCUT2D eigenvalue weighted by atomic mass is 10.1. The molecule has 1 aliphatic heterocycles. The summed E-state index contributed by atoms with van der Waals surface area (Å²) in [6.45, 7) is 2.94. The topological polar surface area (TPSA) is 36.4 Å². The van der Waals surface area contributed by atoms with Gasteiger partial charge in [-0.25, -0.2) is 0 Å². The molecule has 18 heavy (non-hydrogen) atoms. The minimum atomic E-state index is -0.0531. The first kappa shape index (κ1) is 13.3. The van der Waals surface area contributed by atoms with Gasteiger partial charge in [0.15, 0.2) is 0 Å². The summed E-state index contributed by atoms with van der Waals surface area (Å²) >= 11 is 6.01. The second-order valence-electron chi connectivity index (χ2n) is 4.96. The minimum Gasteiger partial charge on any atom is -0.341 e. The smallest absolute Gasteiger partial charge is 0.256 e. The van der Waals surface area contributed by atoms with Gasteiger partial charge in [0.05, 0.1) is 10.6 Å². The molecule has 1 aromatic rings. The molecule has 0 aromatic carbocycles. The summed E-state index contributed by atoms with van der Waals surface area (Å²) in [5.74, 6) is 0.502. The summed E-state index contributed by atoms with van der Waals surface area (Å²) in [7, 11) is 3.93. The van der Waals surface area contributed by atoms with E-state index in [1.165, 1.54) is 6.20 Å². The van der Waals surface area contributed by atoms with Crippen LogP contribution in [0.25, 0.3) is 0 Å². The molecule has 0 radical (unpaired) electrons. The molecule has 1 aliphatic rings. The maximum Gasteiger partial charge on any atom is 0.256 e. The molecule has 2 heterocycles. The van der Waals surface area contributed by atoms with Gasteiger partial charge in [0.1, 0.15) is 0 Å². The molecular weight excluding hydrogens is 250 g/mol. The van der Waals surface area contributed by atoms with Crippen LogP contribution in [0.3, 0.4) is 0 Å². The van der Waals surface area contributed by atoms with E-state index in [4.69, 9.17) is 11.6 Å². The number of amides is 1. The molecular formula is C13H18ClN3O. The standard InChI is InChI=1S/C13H18ClN3O/c1-16-6-4-10(8-16)9-17(2)13(18)11-7-15-5-3-12(11)14/h3,5,7,10H,4,6,8-9H2,1-2H3. The van der Waals surface area contributed by atoms with Gasteiger partial charge in [-0.05, 0) is 32.0 Å². The molecule has 1 unspecified atom stereocenters. The molecule has 0 aliphatic carbocycles. The predicted molar refractivity (Wildman–Crippen MR) is 71.8 cm³/mol. The molecule has 0 saturated carbocycles. The number of hydrogen-bond donors (Lipinski definition) is 0. The zero-order chi connectivity index (χ0) is 13.1. The lowest BCUT2D eigenvalue weighted by Crippen LogP contribution is -2.33. The predicted octanol–water partition coefficient (Wildman–Crippen LogP) is 1.76. The highest BCUT2D eigenvalue weighted by Gasteiger charge is 2.23. The Hall–Kier alpha value is -1.13. The first-order chi connectivity index (χ1) is 8.58. The van der Waals surface area contributed by atoms with Gasteiger partial charge in [-0.15, -0.1) is 0 Å². The van der Waals surface area contributed by atoms with Crippen LogP contribution in [0, 0.1) is 5.92 Å². The van der Waals surface area contributed by atoms with E-state index >= 15 is 0 Å². The lowest BCUT2D eigenvalue weighted by molar-refractivity contribution is 0.0774. The van der Waals surface area contributed by atoms with Crippen molar-refractivity contribution in [3.63, 3.8) is 0 Å². The van der Waals surface area contributed by atoms with Crippen molar-refractivity contribution in [3.05, 3.63) is 29.0 Å². The van der Waals surface area contributed by atoms with Gasteiger partial charge < -0.3 is 9.80 Å². The third-order valence-electron chi connectivity index (χ3n) is 3.37. The van der Waals surface area contributed by atoms with Crippen LogP contribution in [-0.4, -0.2) is 54.4 Å². The van der Waals surface area contributed by atoms with E-state index in [-0.39, 0.29) is 5.91 Å². The second-order valence-corrected chi connectivity index (χ2v) is 5.37. The van der Waals surface area contributed by atoms with Gasteiger partial charge in [0, 0.05) is 32.5 Å². The van der Waals surface area contributed by atoms with Crippen molar-refractivity contribution in [2.45, 2.75) is 6.42 Å². The van der Waals surface area contributed by atoms with E-state index in [1.807, 2.05) is 7.05 Å². The molecule has 2 rings (SSSR count). The Morgan fingerprint density at radius 1 is 1.67 bits per heavy atom. The Balaban J connectivity index is 1.99. The number of carbonyl (C=O) groups is 1. The van der Waals surface area contributed by atoms with Crippen molar-refractivity contribution in [2.24, 2.45) is 5.92 Å². The van der Waals surface area contributed by atoms with Crippen LogP contribution in [0.15, 0.2) is 18.5 Å². The average Bonchev–Trinajstić information content (AvgIpc) is 2.74. The van der Waals surface area contributed by atoms with Gasteiger partial charge in [0.25, 0.3) is 5.91 Å². The van der Waals surface area contributed by atoms with Crippen molar-refractivity contribution in [3.8, 4) is 0 Å². The normalized spacial score (nSPS) is 20.1. The van der Waals surface area contributed by atoms with Crippen molar-refractivity contribution < 1.29 is 4.79 Å². The summed E-state index contributed by atoms with van der Waals surface area (Å²) in [6.07, 6.45) is 4.27.